The van der Waals surface area contributed by atoms with E-state index in [0.29, 0.717) is 11.6 Å². The van der Waals surface area contributed by atoms with Crippen LogP contribution in [0, 0.1) is 0 Å². The van der Waals surface area contributed by atoms with Crippen molar-refractivity contribution < 1.29 is 0 Å². The standard InChI is InChI=1S/C14H15BrClN3/c1-19(9-11-4-2-3-5-12(11)15)14-13(16)10(8-17)6-7-18-14/h2-7H,8-9,17H2,1H3. The third-order valence-corrected chi connectivity index (χ3v) is 4.08. The van der Waals surface area contributed by atoms with E-state index in [1.807, 2.05) is 36.2 Å². The lowest BCUT2D eigenvalue weighted by molar-refractivity contribution is 0.889. The van der Waals surface area contributed by atoms with Gasteiger partial charge in [-0.05, 0) is 23.3 Å². The third-order valence-electron chi connectivity index (χ3n) is 2.90. The molecular formula is C14H15BrClN3. The number of anilines is 1. The van der Waals surface area contributed by atoms with Crippen LogP contribution < -0.4 is 10.6 Å². The number of benzene rings is 1. The summed E-state index contributed by atoms with van der Waals surface area (Å²) in [4.78, 5) is 6.35. The Bertz CT molecular complexity index is 574. The Morgan fingerprint density at radius 2 is 2.00 bits per heavy atom. The fraction of sp³-hybridized carbons (Fsp3) is 0.214. The molecule has 2 N–H and O–H groups in total. The minimum absolute atomic E-state index is 0.414. The summed E-state index contributed by atoms with van der Waals surface area (Å²) < 4.78 is 1.08. The van der Waals surface area contributed by atoms with Crippen LogP contribution in [0.2, 0.25) is 5.02 Å². The SMILES string of the molecule is CN(Cc1ccccc1Br)c1nccc(CN)c1Cl. The first kappa shape index (κ1) is 14.3. The van der Waals surface area contributed by atoms with E-state index >= 15 is 0 Å². The minimum Gasteiger partial charge on any atom is -0.354 e. The zero-order chi connectivity index (χ0) is 13.8. The van der Waals surface area contributed by atoms with Gasteiger partial charge in [0.2, 0.25) is 0 Å². The third kappa shape index (κ3) is 3.26. The molecule has 2 aromatic rings. The van der Waals surface area contributed by atoms with Gasteiger partial charge in [-0.2, -0.15) is 0 Å². The van der Waals surface area contributed by atoms with Crippen LogP contribution in [0.25, 0.3) is 0 Å². The van der Waals surface area contributed by atoms with Crippen LogP contribution in [0.1, 0.15) is 11.1 Å². The molecule has 0 fully saturated rings. The van der Waals surface area contributed by atoms with E-state index in [9.17, 15) is 0 Å². The number of hydrogen-bond donors (Lipinski definition) is 1. The Morgan fingerprint density at radius 1 is 1.26 bits per heavy atom. The van der Waals surface area contributed by atoms with E-state index < -0.39 is 0 Å². The molecule has 5 heteroatoms. The number of rotatable bonds is 4. The van der Waals surface area contributed by atoms with Crippen molar-refractivity contribution in [3.8, 4) is 0 Å². The van der Waals surface area contributed by atoms with Gasteiger partial charge in [-0.3, -0.25) is 0 Å². The molecule has 0 aliphatic rings. The molecule has 0 aliphatic carbocycles. The summed E-state index contributed by atoms with van der Waals surface area (Å²) in [7, 11) is 1.97. The van der Waals surface area contributed by atoms with Crippen molar-refractivity contribution in [2.75, 3.05) is 11.9 Å². The quantitative estimate of drug-likeness (QED) is 0.925. The Hall–Kier alpha value is -1.10. The van der Waals surface area contributed by atoms with Crippen LogP contribution in [-0.4, -0.2) is 12.0 Å². The monoisotopic (exact) mass is 339 g/mol. The second-order valence-electron chi connectivity index (χ2n) is 4.26. The molecule has 0 amide bonds. The van der Waals surface area contributed by atoms with Crippen LogP contribution >= 0.6 is 27.5 Å². The maximum absolute atomic E-state index is 6.31. The fourth-order valence-corrected chi connectivity index (χ4v) is 2.60. The van der Waals surface area contributed by atoms with E-state index in [4.69, 9.17) is 17.3 Å². The van der Waals surface area contributed by atoms with Crippen molar-refractivity contribution in [2.45, 2.75) is 13.1 Å². The first-order chi connectivity index (χ1) is 9.13. The number of aromatic nitrogens is 1. The molecule has 0 spiro atoms. The van der Waals surface area contributed by atoms with Crippen molar-refractivity contribution >= 4 is 33.3 Å². The summed E-state index contributed by atoms with van der Waals surface area (Å²) in [6, 6.07) is 9.95. The van der Waals surface area contributed by atoms with Gasteiger partial charge in [-0.1, -0.05) is 45.7 Å². The second-order valence-corrected chi connectivity index (χ2v) is 5.49. The first-order valence-electron chi connectivity index (χ1n) is 5.91. The van der Waals surface area contributed by atoms with Crippen molar-refractivity contribution in [3.63, 3.8) is 0 Å². The summed E-state index contributed by atoms with van der Waals surface area (Å²) >= 11 is 9.86. The van der Waals surface area contributed by atoms with Gasteiger partial charge < -0.3 is 10.6 Å². The van der Waals surface area contributed by atoms with Gasteiger partial charge in [-0.25, -0.2) is 4.98 Å². The summed E-state index contributed by atoms with van der Waals surface area (Å²) in [5.41, 5.74) is 7.75. The molecule has 3 nitrogen and oxygen atoms in total. The topological polar surface area (TPSA) is 42.2 Å². The lowest BCUT2D eigenvalue weighted by Crippen LogP contribution is -2.19. The lowest BCUT2D eigenvalue weighted by atomic mass is 10.2. The molecule has 100 valence electrons. The van der Waals surface area contributed by atoms with E-state index in [1.165, 1.54) is 5.56 Å². The number of nitrogens with two attached hydrogens (primary N) is 1. The Balaban J connectivity index is 2.26. The van der Waals surface area contributed by atoms with Gasteiger partial charge in [0.05, 0.1) is 5.02 Å². The first-order valence-corrected chi connectivity index (χ1v) is 7.08. The Labute approximate surface area is 126 Å². The molecule has 19 heavy (non-hydrogen) atoms. The number of pyridine rings is 1. The van der Waals surface area contributed by atoms with Gasteiger partial charge in [0.1, 0.15) is 5.82 Å². The molecule has 0 radical (unpaired) electrons. The van der Waals surface area contributed by atoms with Gasteiger partial charge >= 0.3 is 0 Å². The zero-order valence-electron chi connectivity index (χ0n) is 10.6. The summed E-state index contributed by atoms with van der Waals surface area (Å²) in [6.07, 6.45) is 1.74. The molecule has 0 saturated carbocycles. The van der Waals surface area contributed by atoms with Crippen molar-refractivity contribution in [2.24, 2.45) is 5.73 Å². The fourth-order valence-electron chi connectivity index (χ4n) is 1.85. The summed E-state index contributed by atoms with van der Waals surface area (Å²) in [5, 5.41) is 0.625. The van der Waals surface area contributed by atoms with Gasteiger partial charge in [-0.15, -0.1) is 0 Å². The predicted molar refractivity (Wildman–Crippen MR) is 83.4 cm³/mol. The maximum atomic E-state index is 6.31. The van der Waals surface area contributed by atoms with Crippen LogP contribution in [0.5, 0.6) is 0 Å². The highest BCUT2D eigenvalue weighted by Crippen LogP contribution is 2.28. The number of nitrogens with zero attached hydrogens (tertiary/aromatic N) is 2. The Kier molecular flexibility index (Phi) is 4.80. The number of halogens is 2. The zero-order valence-corrected chi connectivity index (χ0v) is 12.9. The molecule has 0 aliphatic heterocycles. The van der Waals surface area contributed by atoms with E-state index in [-0.39, 0.29) is 0 Å². The summed E-state index contributed by atoms with van der Waals surface area (Å²) in [5.74, 6) is 0.750. The Morgan fingerprint density at radius 3 is 2.68 bits per heavy atom. The molecule has 0 atom stereocenters. The van der Waals surface area contributed by atoms with Gasteiger partial charge in [0.15, 0.2) is 0 Å². The van der Waals surface area contributed by atoms with E-state index in [1.54, 1.807) is 6.20 Å². The highest BCUT2D eigenvalue weighted by atomic mass is 79.9. The maximum Gasteiger partial charge on any atom is 0.147 e. The van der Waals surface area contributed by atoms with Gasteiger partial charge in [0, 0.05) is 30.8 Å². The molecule has 1 aromatic heterocycles. The largest absolute Gasteiger partial charge is 0.354 e. The molecule has 0 saturated heterocycles. The van der Waals surface area contributed by atoms with E-state index in [0.717, 1.165) is 22.4 Å². The van der Waals surface area contributed by atoms with Crippen molar-refractivity contribution in [3.05, 3.63) is 57.2 Å². The highest BCUT2D eigenvalue weighted by Gasteiger charge is 2.12. The minimum atomic E-state index is 0.414. The number of hydrogen-bond acceptors (Lipinski definition) is 3. The predicted octanol–water partition coefficient (Wildman–Crippen LogP) is 3.59. The average Bonchev–Trinajstić information content (AvgIpc) is 2.41. The lowest BCUT2D eigenvalue weighted by Gasteiger charge is -2.21. The van der Waals surface area contributed by atoms with Crippen LogP contribution in [-0.2, 0) is 13.1 Å². The van der Waals surface area contributed by atoms with Gasteiger partial charge in [0.25, 0.3) is 0 Å². The normalized spacial score (nSPS) is 10.5. The summed E-state index contributed by atoms with van der Waals surface area (Å²) in [6.45, 7) is 1.14. The van der Waals surface area contributed by atoms with Crippen LogP contribution in [0.4, 0.5) is 5.82 Å². The van der Waals surface area contributed by atoms with E-state index in [2.05, 4.69) is 27.0 Å². The van der Waals surface area contributed by atoms with Crippen LogP contribution in [0.3, 0.4) is 0 Å². The average molecular weight is 341 g/mol. The molecular weight excluding hydrogens is 326 g/mol. The van der Waals surface area contributed by atoms with Crippen molar-refractivity contribution in [1.82, 2.24) is 4.98 Å². The highest BCUT2D eigenvalue weighted by molar-refractivity contribution is 9.10. The second kappa shape index (κ2) is 6.37. The molecule has 0 bridgehead atoms. The molecule has 0 unspecified atom stereocenters. The smallest absolute Gasteiger partial charge is 0.147 e. The van der Waals surface area contributed by atoms with Crippen LogP contribution in [0.15, 0.2) is 41.0 Å². The molecule has 2 rings (SSSR count). The van der Waals surface area contributed by atoms with Crippen molar-refractivity contribution in [1.29, 1.82) is 0 Å². The molecule has 1 heterocycles. The molecule has 1 aromatic carbocycles.